The molecule has 1 aliphatic heterocycles. The Hall–Kier alpha value is -2.22. The molecule has 1 amide bonds. The van der Waals surface area contributed by atoms with Gasteiger partial charge in [0.15, 0.2) is 16.4 Å². The monoisotopic (exact) mass is 397 g/mol. The lowest BCUT2D eigenvalue weighted by Crippen LogP contribution is -2.45. The molecule has 0 radical (unpaired) electrons. The molecule has 8 heteroatoms. The van der Waals surface area contributed by atoms with Gasteiger partial charge in [-0.25, -0.2) is 17.6 Å². The molecule has 0 unspecified atom stereocenters. The summed E-state index contributed by atoms with van der Waals surface area (Å²) in [5.74, 6) is -1.31. The van der Waals surface area contributed by atoms with Crippen molar-refractivity contribution < 1.29 is 27.1 Å². The van der Waals surface area contributed by atoms with Gasteiger partial charge in [0.25, 0.3) is 5.91 Å². The zero-order valence-electron chi connectivity index (χ0n) is 15.4. The van der Waals surface area contributed by atoms with Gasteiger partial charge in [-0.1, -0.05) is 26.0 Å². The Balaban J connectivity index is 1.92. The van der Waals surface area contributed by atoms with Crippen molar-refractivity contribution in [3.05, 3.63) is 41.7 Å². The van der Waals surface area contributed by atoms with Gasteiger partial charge in [-0.2, -0.15) is 0 Å². The van der Waals surface area contributed by atoms with Crippen LogP contribution in [0.5, 0.6) is 0 Å². The molecule has 1 heterocycles. The van der Waals surface area contributed by atoms with Gasteiger partial charge in [-0.3, -0.25) is 4.79 Å². The number of rotatable bonds is 7. The van der Waals surface area contributed by atoms with Crippen molar-refractivity contribution in [3.8, 4) is 0 Å². The van der Waals surface area contributed by atoms with Crippen molar-refractivity contribution in [2.75, 3.05) is 24.7 Å². The summed E-state index contributed by atoms with van der Waals surface area (Å²) in [5, 5.41) is 0. The molecular formula is C19H24FNO5S. The number of sulfone groups is 1. The van der Waals surface area contributed by atoms with E-state index < -0.39 is 28.3 Å². The van der Waals surface area contributed by atoms with E-state index in [-0.39, 0.29) is 29.3 Å². The van der Waals surface area contributed by atoms with Gasteiger partial charge in [-0.05, 0) is 36.1 Å². The first-order valence-electron chi connectivity index (χ1n) is 8.76. The van der Waals surface area contributed by atoms with Gasteiger partial charge in [0.05, 0.1) is 11.5 Å². The molecular weight excluding hydrogens is 373 g/mol. The maximum atomic E-state index is 12.8. The Morgan fingerprint density at radius 1 is 1.30 bits per heavy atom. The highest BCUT2D eigenvalue weighted by Gasteiger charge is 2.35. The number of esters is 1. The van der Waals surface area contributed by atoms with Gasteiger partial charge in [-0.15, -0.1) is 0 Å². The third-order valence-electron chi connectivity index (χ3n) is 4.15. The van der Waals surface area contributed by atoms with E-state index in [1.54, 1.807) is 0 Å². The second-order valence-corrected chi connectivity index (χ2v) is 9.22. The quantitative estimate of drug-likeness (QED) is 0.520. The molecule has 0 N–H and O–H groups in total. The normalized spacial score (nSPS) is 18.7. The van der Waals surface area contributed by atoms with Crippen molar-refractivity contribution in [1.29, 1.82) is 0 Å². The van der Waals surface area contributed by atoms with Crippen molar-refractivity contribution >= 4 is 27.8 Å². The van der Waals surface area contributed by atoms with Gasteiger partial charge >= 0.3 is 5.97 Å². The van der Waals surface area contributed by atoms with E-state index in [9.17, 15) is 22.4 Å². The minimum atomic E-state index is -3.12. The van der Waals surface area contributed by atoms with E-state index in [4.69, 9.17) is 4.74 Å². The fourth-order valence-corrected chi connectivity index (χ4v) is 4.60. The number of carbonyl (C=O) groups is 2. The SMILES string of the molecule is CC(C)CN(C(=O)COC(=O)/C=C/c1ccc(F)cc1)[C@H]1CCS(=O)(=O)C1. The standard InChI is InChI=1S/C19H24FNO5S/c1-14(2)11-21(17-9-10-27(24,25)13-17)18(22)12-26-19(23)8-5-15-3-6-16(20)7-4-15/h3-8,14,17H,9-13H2,1-2H3/b8-5+/t17-/m0/s1. The molecule has 1 fully saturated rings. The molecule has 0 bridgehead atoms. The predicted octanol–water partition coefficient (Wildman–Crippen LogP) is 2.05. The topological polar surface area (TPSA) is 80.8 Å². The molecule has 1 atom stereocenters. The van der Waals surface area contributed by atoms with Crippen LogP contribution >= 0.6 is 0 Å². The number of halogens is 1. The van der Waals surface area contributed by atoms with E-state index in [0.717, 1.165) is 6.08 Å². The van der Waals surface area contributed by atoms with Crippen LogP contribution in [0.25, 0.3) is 6.08 Å². The summed E-state index contributed by atoms with van der Waals surface area (Å²) in [6.07, 6.45) is 3.02. The number of amides is 1. The molecule has 2 rings (SSSR count). The summed E-state index contributed by atoms with van der Waals surface area (Å²) in [4.78, 5) is 25.8. The van der Waals surface area contributed by atoms with E-state index in [1.165, 1.54) is 35.2 Å². The molecule has 0 spiro atoms. The maximum Gasteiger partial charge on any atom is 0.331 e. The van der Waals surface area contributed by atoms with Crippen LogP contribution in [0.2, 0.25) is 0 Å². The summed E-state index contributed by atoms with van der Waals surface area (Å²) < 4.78 is 41.2. The second-order valence-electron chi connectivity index (χ2n) is 6.99. The Morgan fingerprint density at radius 2 is 1.96 bits per heavy atom. The number of benzene rings is 1. The molecule has 1 aliphatic rings. The van der Waals surface area contributed by atoms with Crippen LogP contribution in [0.3, 0.4) is 0 Å². The van der Waals surface area contributed by atoms with Crippen LogP contribution in [0.4, 0.5) is 4.39 Å². The molecule has 0 saturated carbocycles. The fourth-order valence-electron chi connectivity index (χ4n) is 2.87. The average molecular weight is 397 g/mol. The number of nitrogens with zero attached hydrogens (tertiary/aromatic N) is 1. The fraction of sp³-hybridized carbons (Fsp3) is 0.474. The first-order valence-corrected chi connectivity index (χ1v) is 10.6. The average Bonchev–Trinajstić information content (AvgIpc) is 2.96. The molecule has 0 aromatic heterocycles. The first-order chi connectivity index (χ1) is 12.7. The van der Waals surface area contributed by atoms with Crippen LogP contribution in [-0.4, -0.2) is 55.9 Å². The molecule has 1 aromatic rings. The zero-order chi connectivity index (χ0) is 20.0. The second kappa shape index (κ2) is 9.12. The molecule has 27 heavy (non-hydrogen) atoms. The minimum Gasteiger partial charge on any atom is -0.452 e. The van der Waals surface area contributed by atoms with E-state index in [0.29, 0.717) is 18.5 Å². The van der Waals surface area contributed by atoms with Crippen LogP contribution in [0.1, 0.15) is 25.8 Å². The lowest BCUT2D eigenvalue weighted by Gasteiger charge is -2.29. The van der Waals surface area contributed by atoms with Crippen molar-refractivity contribution in [2.45, 2.75) is 26.3 Å². The highest BCUT2D eigenvalue weighted by Crippen LogP contribution is 2.19. The lowest BCUT2D eigenvalue weighted by molar-refractivity contribution is -0.149. The largest absolute Gasteiger partial charge is 0.452 e. The van der Waals surface area contributed by atoms with Crippen LogP contribution in [0, 0.1) is 11.7 Å². The predicted molar refractivity (Wildman–Crippen MR) is 100 cm³/mol. The molecule has 148 valence electrons. The third-order valence-corrected chi connectivity index (χ3v) is 5.90. The number of hydrogen-bond acceptors (Lipinski definition) is 5. The summed E-state index contributed by atoms with van der Waals surface area (Å²) in [7, 11) is -3.12. The summed E-state index contributed by atoms with van der Waals surface area (Å²) >= 11 is 0. The smallest absolute Gasteiger partial charge is 0.331 e. The van der Waals surface area contributed by atoms with Crippen molar-refractivity contribution in [2.24, 2.45) is 5.92 Å². The zero-order valence-corrected chi connectivity index (χ0v) is 16.2. The number of hydrogen-bond donors (Lipinski definition) is 0. The minimum absolute atomic E-state index is 0.0517. The van der Waals surface area contributed by atoms with Gasteiger partial charge in [0.1, 0.15) is 5.82 Å². The van der Waals surface area contributed by atoms with Crippen molar-refractivity contribution in [3.63, 3.8) is 0 Å². The molecule has 0 aliphatic carbocycles. The van der Waals surface area contributed by atoms with Crippen LogP contribution < -0.4 is 0 Å². The number of carbonyl (C=O) groups excluding carboxylic acids is 2. The highest BCUT2D eigenvalue weighted by molar-refractivity contribution is 7.91. The van der Waals surface area contributed by atoms with Gasteiger partial charge < -0.3 is 9.64 Å². The van der Waals surface area contributed by atoms with Crippen LogP contribution in [0.15, 0.2) is 30.3 Å². The highest BCUT2D eigenvalue weighted by atomic mass is 32.2. The Labute approximate surface area is 158 Å². The van der Waals surface area contributed by atoms with E-state index in [2.05, 4.69) is 0 Å². The van der Waals surface area contributed by atoms with Gasteiger partial charge in [0.2, 0.25) is 0 Å². The van der Waals surface area contributed by atoms with E-state index in [1.807, 2.05) is 13.8 Å². The molecule has 1 saturated heterocycles. The molecule has 6 nitrogen and oxygen atoms in total. The number of ether oxygens (including phenoxy) is 1. The molecule has 1 aromatic carbocycles. The van der Waals surface area contributed by atoms with Crippen molar-refractivity contribution in [1.82, 2.24) is 4.90 Å². The van der Waals surface area contributed by atoms with Gasteiger partial charge in [0, 0.05) is 18.7 Å². The summed E-state index contributed by atoms with van der Waals surface area (Å²) in [6.45, 7) is 3.82. The van der Waals surface area contributed by atoms with E-state index >= 15 is 0 Å². The van der Waals surface area contributed by atoms with Crippen LogP contribution in [-0.2, 0) is 24.2 Å². The first kappa shape index (κ1) is 21.1. The third kappa shape index (κ3) is 6.78. The maximum absolute atomic E-state index is 12.8. The lowest BCUT2D eigenvalue weighted by atomic mass is 10.1. The Morgan fingerprint density at radius 3 is 2.52 bits per heavy atom. The Kier molecular flexibility index (Phi) is 7.12. The summed E-state index contributed by atoms with van der Waals surface area (Å²) in [6, 6.07) is 5.19. The Bertz CT molecular complexity index is 802. The summed E-state index contributed by atoms with van der Waals surface area (Å²) in [5.41, 5.74) is 0.622.